The van der Waals surface area contributed by atoms with Crippen LogP contribution in [0.1, 0.15) is 48.6 Å². The molecule has 1 aliphatic rings. The second-order valence-electron chi connectivity index (χ2n) is 8.32. The highest BCUT2D eigenvalue weighted by molar-refractivity contribution is 6.23. The first-order chi connectivity index (χ1) is 12.4. The summed E-state index contributed by atoms with van der Waals surface area (Å²) in [5.74, 6) is 0. The van der Waals surface area contributed by atoms with Gasteiger partial charge in [0.2, 0.25) is 0 Å². The summed E-state index contributed by atoms with van der Waals surface area (Å²) in [6.07, 6.45) is 2.43. The zero-order valence-electron chi connectivity index (χ0n) is 16.1. The Kier molecular flexibility index (Phi) is 4.20. The molecule has 0 bridgehead atoms. The van der Waals surface area contributed by atoms with Gasteiger partial charge in [0.15, 0.2) is 0 Å². The molecule has 1 unspecified atom stereocenters. The third-order valence-corrected chi connectivity index (χ3v) is 6.79. The summed E-state index contributed by atoms with van der Waals surface area (Å²) in [6.45, 7) is 6.80. The lowest BCUT2D eigenvalue weighted by Crippen LogP contribution is -2.10. The van der Waals surface area contributed by atoms with Crippen molar-refractivity contribution in [1.29, 1.82) is 0 Å². The van der Waals surface area contributed by atoms with E-state index in [4.69, 9.17) is 0 Å². The van der Waals surface area contributed by atoms with Crippen molar-refractivity contribution in [1.82, 2.24) is 0 Å². The minimum Gasteiger partial charge on any atom is -0.0622 e. The van der Waals surface area contributed by atoms with Gasteiger partial charge in [-0.15, -0.1) is 0 Å². The molecule has 3 aromatic rings. The van der Waals surface area contributed by atoms with Gasteiger partial charge in [-0.05, 0) is 56.0 Å². The summed E-state index contributed by atoms with van der Waals surface area (Å²) in [5, 5.41) is 0. The smallest absolute Gasteiger partial charge is 0.0179 e. The molecule has 0 amide bonds. The second kappa shape index (κ2) is 6.41. The molecule has 0 heterocycles. The molecular formula is C25H26Si. The molecular weight excluding hydrogens is 328 g/mol. The zero-order valence-corrected chi connectivity index (χ0v) is 18.1. The van der Waals surface area contributed by atoms with Gasteiger partial charge in [-0.1, -0.05) is 93.6 Å². The van der Waals surface area contributed by atoms with E-state index < -0.39 is 0 Å². The number of benzene rings is 3. The number of hydrogen-bond donors (Lipinski definition) is 0. The van der Waals surface area contributed by atoms with E-state index in [2.05, 4.69) is 99.6 Å². The summed E-state index contributed by atoms with van der Waals surface area (Å²) in [7, 11) is 1.13. The fourth-order valence-electron chi connectivity index (χ4n) is 3.94. The maximum absolute atomic E-state index is 2.43. The molecule has 0 spiro atoms. The van der Waals surface area contributed by atoms with Gasteiger partial charge >= 0.3 is 0 Å². The largest absolute Gasteiger partial charge is 0.0622 e. The normalized spacial score (nSPS) is 16.4. The van der Waals surface area contributed by atoms with Crippen molar-refractivity contribution in [3.8, 4) is 11.1 Å². The molecule has 1 heteroatoms. The maximum Gasteiger partial charge on any atom is 0.0179 e. The summed E-state index contributed by atoms with van der Waals surface area (Å²) in [4.78, 5) is 0. The van der Waals surface area contributed by atoms with Gasteiger partial charge in [-0.3, -0.25) is 0 Å². The molecule has 1 atom stereocenters. The molecule has 0 fully saturated rings. The summed E-state index contributed by atoms with van der Waals surface area (Å²) in [5.41, 5.74) is 10.6. The van der Waals surface area contributed by atoms with Crippen LogP contribution < -0.4 is 0 Å². The van der Waals surface area contributed by atoms with Crippen LogP contribution in [0, 0.1) is 0 Å². The van der Waals surface area contributed by atoms with Crippen molar-refractivity contribution in [3.63, 3.8) is 0 Å². The molecule has 1 aliphatic carbocycles. The van der Waals surface area contributed by atoms with Crippen LogP contribution >= 0.6 is 0 Å². The zero-order chi connectivity index (χ0) is 18.3. The molecule has 0 aliphatic heterocycles. The fourth-order valence-corrected chi connectivity index (χ4v) is 4.94. The van der Waals surface area contributed by atoms with E-state index in [1.54, 1.807) is 0 Å². The minimum atomic E-state index is 0.192. The SMILES string of the molecule is CC(C)(C)c1ccc(-c2cccc3c2C=C(c2ccccc2)C3[SiH3])cc1. The van der Waals surface area contributed by atoms with Crippen LogP contribution in [-0.4, -0.2) is 10.2 Å². The predicted molar refractivity (Wildman–Crippen MR) is 118 cm³/mol. The van der Waals surface area contributed by atoms with Crippen molar-refractivity contribution in [2.45, 2.75) is 31.7 Å². The van der Waals surface area contributed by atoms with Gasteiger partial charge < -0.3 is 0 Å². The van der Waals surface area contributed by atoms with Crippen molar-refractivity contribution in [2.75, 3.05) is 0 Å². The second-order valence-corrected chi connectivity index (χ2v) is 9.48. The Morgan fingerprint density at radius 3 is 2.08 bits per heavy atom. The molecule has 3 aromatic carbocycles. The first-order valence-corrected chi connectivity index (χ1v) is 10.6. The maximum atomic E-state index is 2.43. The summed E-state index contributed by atoms with van der Waals surface area (Å²) < 4.78 is 0. The van der Waals surface area contributed by atoms with Crippen molar-refractivity contribution in [3.05, 3.63) is 95.1 Å². The monoisotopic (exact) mass is 354 g/mol. The first kappa shape index (κ1) is 17.1. The molecule has 0 aromatic heterocycles. The standard InChI is InChI=1S/C25H26Si/c1-25(2,3)19-14-12-18(13-15-19)20-10-7-11-21-23(20)16-22(24(21)26)17-8-5-4-6-9-17/h4-16,24H,1-3,26H3. The highest BCUT2D eigenvalue weighted by atomic mass is 28.1. The van der Waals surface area contributed by atoms with E-state index in [0.717, 1.165) is 10.2 Å². The van der Waals surface area contributed by atoms with Gasteiger partial charge in [0.05, 0.1) is 0 Å². The van der Waals surface area contributed by atoms with Crippen LogP contribution in [-0.2, 0) is 5.41 Å². The molecule has 130 valence electrons. The fraction of sp³-hybridized carbons (Fsp3) is 0.200. The van der Waals surface area contributed by atoms with Crippen LogP contribution in [0.15, 0.2) is 72.8 Å². The number of allylic oxidation sites excluding steroid dienone is 1. The van der Waals surface area contributed by atoms with Gasteiger partial charge in [0.25, 0.3) is 0 Å². The van der Waals surface area contributed by atoms with Crippen LogP contribution in [0.2, 0.25) is 0 Å². The average Bonchev–Trinajstić information content (AvgIpc) is 2.99. The van der Waals surface area contributed by atoms with Crippen molar-refractivity contribution >= 4 is 21.9 Å². The van der Waals surface area contributed by atoms with Crippen molar-refractivity contribution < 1.29 is 0 Å². The Hall–Kier alpha value is -2.38. The van der Waals surface area contributed by atoms with E-state index in [0.29, 0.717) is 5.54 Å². The Bertz CT molecular complexity index is 957. The van der Waals surface area contributed by atoms with Crippen molar-refractivity contribution in [2.24, 2.45) is 0 Å². The molecule has 0 radical (unpaired) electrons. The lowest BCUT2D eigenvalue weighted by Gasteiger charge is -2.19. The van der Waals surface area contributed by atoms with E-state index in [1.165, 1.54) is 39.0 Å². The number of hydrogen-bond acceptors (Lipinski definition) is 0. The molecule has 0 saturated heterocycles. The van der Waals surface area contributed by atoms with Gasteiger partial charge in [0.1, 0.15) is 0 Å². The minimum absolute atomic E-state index is 0.192. The first-order valence-electron chi connectivity index (χ1n) is 9.46. The number of fused-ring (bicyclic) bond motifs is 1. The quantitative estimate of drug-likeness (QED) is 0.525. The van der Waals surface area contributed by atoms with Gasteiger partial charge in [-0.2, -0.15) is 0 Å². The highest BCUT2D eigenvalue weighted by Crippen LogP contribution is 2.43. The molecule has 0 N–H and O–H groups in total. The average molecular weight is 355 g/mol. The van der Waals surface area contributed by atoms with E-state index >= 15 is 0 Å². The highest BCUT2D eigenvalue weighted by Gasteiger charge is 2.24. The molecule has 26 heavy (non-hydrogen) atoms. The third-order valence-electron chi connectivity index (χ3n) is 5.54. The van der Waals surface area contributed by atoms with E-state index in [1.807, 2.05) is 0 Å². The molecule has 4 rings (SSSR count). The molecule has 0 nitrogen and oxygen atoms in total. The topological polar surface area (TPSA) is 0 Å². The van der Waals surface area contributed by atoms with E-state index in [-0.39, 0.29) is 5.41 Å². The Labute approximate surface area is 160 Å². The van der Waals surface area contributed by atoms with Crippen LogP contribution in [0.5, 0.6) is 0 Å². The Morgan fingerprint density at radius 1 is 0.731 bits per heavy atom. The third kappa shape index (κ3) is 2.97. The van der Waals surface area contributed by atoms with Gasteiger partial charge in [0, 0.05) is 10.2 Å². The summed E-state index contributed by atoms with van der Waals surface area (Å²) in [6, 6.07) is 26.8. The van der Waals surface area contributed by atoms with Crippen LogP contribution in [0.4, 0.5) is 0 Å². The predicted octanol–water partition coefficient (Wildman–Crippen LogP) is 5.61. The lowest BCUT2D eigenvalue weighted by molar-refractivity contribution is 0.590. The van der Waals surface area contributed by atoms with E-state index in [9.17, 15) is 0 Å². The number of rotatable bonds is 2. The van der Waals surface area contributed by atoms with Crippen LogP contribution in [0.25, 0.3) is 22.8 Å². The van der Waals surface area contributed by atoms with Gasteiger partial charge in [-0.25, -0.2) is 0 Å². The lowest BCUT2D eigenvalue weighted by atomic mass is 9.86. The molecule has 0 saturated carbocycles. The Balaban J connectivity index is 1.79. The summed E-state index contributed by atoms with van der Waals surface area (Å²) >= 11 is 0. The van der Waals surface area contributed by atoms with Crippen LogP contribution in [0.3, 0.4) is 0 Å². The Morgan fingerprint density at radius 2 is 1.42 bits per heavy atom.